The summed E-state index contributed by atoms with van der Waals surface area (Å²) in [5.74, 6) is 0.842. The molecule has 1 aliphatic rings. The van der Waals surface area contributed by atoms with E-state index in [1.54, 1.807) is 0 Å². The number of hydrogen-bond donors (Lipinski definition) is 2. The Labute approximate surface area is 117 Å². The highest BCUT2D eigenvalue weighted by molar-refractivity contribution is 6.30. The molecule has 2 rings (SSSR count). The maximum absolute atomic E-state index is 5.95. The van der Waals surface area contributed by atoms with E-state index in [1.807, 2.05) is 26.0 Å². The van der Waals surface area contributed by atoms with Gasteiger partial charge in [-0.3, -0.25) is 0 Å². The first-order valence-electron chi connectivity index (χ1n) is 6.87. The van der Waals surface area contributed by atoms with Gasteiger partial charge in [0.05, 0.1) is 0 Å². The molecule has 1 fully saturated rings. The van der Waals surface area contributed by atoms with Crippen LogP contribution in [0.3, 0.4) is 0 Å². The molecule has 18 heavy (non-hydrogen) atoms. The van der Waals surface area contributed by atoms with Gasteiger partial charge in [0.25, 0.3) is 0 Å². The van der Waals surface area contributed by atoms with E-state index >= 15 is 0 Å². The first kappa shape index (κ1) is 17.4. The van der Waals surface area contributed by atoms with Crippen molar-refractivity contribution < 1.29 is 0 Å². The second-order valence-electron chi connectivity index (χ2n) is 4.03. The van der Waals surface area contributed by atoms with Gasteiger partial charge in [-0.2, -0.15) is 0 Å². The number of halogens is 1. The van der Waals surface area contributed by atoms with Gasteiger partial charge >= 0.3 is 0 Å². The molecule has 0 saturated carbocycles. The van der Waals surface area contributed by atoms with Gasteiger partial charge in [-0.1, -0.05) is 37.6 Å². The van der Waals surface area contributed by atoms with Gasteiger partial charge in [0.1, 0.15) is 0 Å². The van der Waals surface area contributed by atoms with Crippen LogP contribution in [0.2, 0.25) is 5.02 Å². The van der Waals surface area contributed by atoms with Crippen molar-refractivity contribution in [2.24, 2.45) is 11.7 Å². The SMILES string of the molecule is CC.CN.Clc1cccc(CC2CCNCC2)c1. The molecule has 1 aromatic carbocycles. The predicted molar refractivity (Wildman–Crippen MR) is 82.2 cm³/mol. The standard InChI is InChI=1S/C12H16ClN.C2H6.CH5N/c13-12-3-1-2-11(9-12)8-10-4-6-14-7-5-10;2*1-2/h1-3,9-10,14H,4-8H2;1-2H3;2H2,1H3. The Morgan fingerprint density at radius 2 is 1.83 bits per heavy atom. The zero-order chi connectivity index (χ0) is 13.8. The Balaban J connectivity index is 0.000000659. The molecule has 1 aromatic rings. The molecule has 0 atom stereocenters. The van der Waals surface area contributed by atoms with Crippen molar-refractivity contribution >= 4 is 11.6 Å². The summed E-state index contributed by atoms with van der Waals surface area (Å²) in [7, 11) is 1.50. The lowest BCUT2D eigenvalue weighted by atomic mass is 9.91. The van der Waals surface area contributed by atoms with Crippen molar-refractivity contribution in [1.29, 1.82) is 0 Å². The number of piperidine rings is 1. The van der Waals surface area contributed by atoms with Gasteiger partial charge in [0, 0.05) is 5.02 Å². The van der Waals surface area contributed by atoms with E-state index in [0.717, 1.165) is 10.9 Å². The van der Waals surface area contributed by atoms with Crippen LogP contribution in [-0.2, 0) is 6.42 Å². The summed E-state index contributed by atoms with van der Waals surface area (Å²) in [6.07, 6.45) is 3.78. The molecular weight excluding hydrogens is 244 g/mol. The minimum atomic E-state index is 0.842. The second-order valence-corrected chi connectivity index (χ2v) is 4.46. The summed E-state index contributed by atoms with van der Waals surface area (Å²) < 4.78 is 0. The molecule has 0 radical (unpaired) electrons. The highest BCUT2D eigenvalue weighted by Crippen LogP contribution is 2.19. The van der Waals surface area contributed by atoms with Crippen LogP contribution >= 0.6 is 11.6 Å². The molecule has 0 bridgehead atoms. The van der Waals surface area contributed by atoms with Gasteiger partial charge in [-0.25, -0.2) is 0 Å². The summed E-state index contributed by atoms with van der Waals surface area (Å²) in [4.78, 5) is 0. The van der Waals surface area contributed by atoms with Crippen molar-refractivity contribution in [2.75, 3.05) is 20.1 Å². The quantitative estimate of drug-likeness (QED) is 0.863. The smallest absolute Gasteiger partial charge is 0.0408 e. The summed E-state index contributed by atoms with van der Waals surface area (Å²) >= 11 is 5.95. The Morgan fingerprint density at radius 1 is 1.22 bits per heavy atom. The Morgan fingerprint density at radius 3 is 2.39 bits per heavy atom. The second kappa shape index (κ2) is 11.5. The topological polar surface area (TPSA) is 38.0 Å². The summed E-state index contributed by atoms with van der Waals surface area (Å²) in [5.41, 5.74) is 5.88. The van der Waals surface area contributed by atoms with E-state index in [4.69, 9.17) is 11.6 Å². The maximum Gasteiger partial charge on any atom is 0.0408 e. The van der Waals surface area contributed by atoms with E-state index in [1.165, 1.54) is 45.0 Å². The number of hydrogen-bond acceptors (Lipinski definition) is 2. The Kier molecular flexibility index (Phi) is 11.2. The van der Waals surface area contributed by atoms with Crippen LogP contribution in [0.25, 0.3) is 0 Å². The van der Waals surface area contributed by atoms with Crippen LogP contribution in [0.15, 0.2) is 24.3 Å². The molecule has 0 aliphatic carbocycles. The van der Waals surface area contributed by atoms with Crippen molar-refractivity contribution in [1.82, 2.24) is 5.32 Å². The lowest BCUT2D eigenvalue weighted by Gasteiger charge is -2.22. The summed E-state index contributed by atoms with van der Waals surface area (Å²) in [6.45, 7) is 6.34. The van der Waals surface area contributed by atoms with Gasteiger partial charge in [-0.15, -0.1) is 0 Å². The molecule has 1 aliphatic heterocycles. The fourth-order valence-corrected chi connectivity index (χ4v) is 2.30. The fraction of sp³-hybridized carbons (Fsp3) is 0.600. The van der Waals surface area contributed by atoms with Gasteiger partial charge in [0.15, 0.2) is 0 Å². The lowest BCUT2D eigenvalue weighted by molar-refractivity contribution is 0.372. The Bertz CT molecular complexity index is 296. The van der Waals surface area contributed by atoms with Crippen LogP contribution in [0.5, 0.6) is 0 Å². The molecule has 1 heterocycles. The van der Waals surface area contributed by atoms with E-state index < -0.39 is 0 Å². The Hall–Kier alpha value is -0.570. The largest absolute Gasteiger partial charge is 0.333 e. The van der Waals surface area contributed by atoms with Crippen molar-refractivity contribution in [2.45, 2.75) is 33.1 Å². The van der Waals surface area contributed by atoms with Crippen LogP contribution < -0.4 is 11.1 Å². The van der Waals surface area contributed by atoms with Crippen molar-refractivity contribution in [3.63, 3.8) is 0 Å². The molecule has 0 unspecified atom stereocenters. The average molecular weight is 271 g/mol. The first-order valence-corrected chi connectivity index (χ1v) is 7.25. The molecule has 2 nitrogen and oxygen atoms in total. The molecule has 1 saturated heterocycles. The van der Waals surface area contributed by atoms with Gasteiger partial charge < -0.3 is 11.1 Å². The molecule has 0 amide bonds. The molecule has 0 aromatic heterocycles. The predicted octanol–water partition coefficient (Wildman–Crippen LogP) is 3.48. The molecule has 3 N–H and O–H groups in total. The average Bonchev–Trinajstić information content (AvgIpc) is 2.44. The molecule has 0 spiro atoms. The van der Waals surface area contributed by atoms with Crippen molar-refractivity contribution in [3.8, 4) is 0 Å². The highest BCUT2D eigenvalue weighted by Gasteiger charge is 2.13. The third kappa shape index (κ3) is 7.00. The fourth-order valence-electron chi connectivity index (χ4n) is 2.08. The van der Waals surface area contributed by atoms with Crippen molar-refractivity contribution in [3.05, 3.63) is 34.9 Å². The van der Waals surface area contributed by atoms with Gasteiger partial charge in [-0.05, 0) is 63.0 Å². The van der Waals surface area contributed by atoms with E-state index in [0.29, 0.717) is 0 Å². The first-order chi connectivity index (χ1) is 8.84. The molecule has 3 heteroatoms. The minimum Gasteiger partial charge on any atom is -0.333 e. The third-order valence-electron chi connectivity index (χ3n) is 2.87. The van der Waals surface area contributed by atoms with Crippen LogP contribution in [0.4, 0.5) is 0 Å². The van der Waals surface area contributed by atoms with Gasteiger partial charge in [0.2, 0.25) is 0 Å². The highest BCUT2D eigenvalue weighted by atomic mass is 35.5. The molecule has 104 valence electrons. The zero-order valence-electron chi connectivity index (χ0n) is 11.9. The van der Waals surface area contributed by atoms with E-state index in [-0.39, 0.29) is 0 Å². The summed E-state index contributed by atoms with van der Waals surface area (Å²) in [6, 6.07) is 8.24. The number of rotatable bonds is 2. The lowest BCUT2D eigenvalue weighted by Crippen LogP contribution is -2.28. The van der Waals surface area contributed by atoms with Crippen LogP contribution in [-0.4, -0.2) is 20.1 Å². The van der Waals surface area contributed by atoms with E-state index in [9.17, 15) is 0 Å². The minimum absolute atomic E-state index is 0.842. The normalized spacial score (nSPS) is 14.9. The van der Waals surface area contributed by atoms with E-state index in [2.05, 4.69) is 23.2 Å². The number of benzene rings is 1. The van der Waals surface area contributed by atoms with Crippen LogP contribution in [0.1, 0.15) is 32.3 Å². The third-order valence-corrected chi connectivity index (χ3v) is 3.11. The maximum atomic E-state index is 5.95. The monoisotopic (exact) mass is 270 g/mol. The zero-order valence-corrected chi connectivity index (χ0v) is 12.6. The number of nitrogens with two attached hydrogens (primary N) is 1. The molecular formula is C15H27ClN2. The van der Waals surface area contributed by atoms with Crippen LogP contribution in [0, 0.1) is 5.92 Å². The number of nitrogens with one attached hydrogen (secondary N) is 1. The summed E-state index contributed by atoms with van der Waals surface area (Å²) in [5, 5.41) is 4.24.